The van der Waals surface area contributed by atoms with Crippen molar-refractivity contribution in [2.45, 2.75) is 19.9 Å². The van der Waals surface area contributed by atoms with E-state index >= 15 is 0 Å². The first-order valence-electron chi connectivity index (χ1n) is 8.20. The summed E-state index contributed by atoms with van der Waals surface area (Å²) in [5, 5.41) is 13.9. The number of rotatable bonds is 6. The van der Waals surface area contributed by atoms with E-state index < -0.39 is 0 Å². The van der Waals surface area contributed by atoms with Gasteiger partial charge in [0.1, 0.15) is 0 Å². The number of carbonyl (C=O) groups is 2. The van der Waals surface area contributed by atoms with Crippen molar-refractivity contribution in [2.24, 2.45) is 7.05 Å². The molecule has 2 N–H and O–H groups in total. The van der Waals surface area contributed by atoms with Crippen LogP contribution in [0.1, 0.15) is 22.6 Å². The van der Waals surface area contributed by atoms with Crippen molar-refractivity contribution in [3.05, 3.63) is 60.2 Å². The Balaban J connectivity index is 1.56. The monoisotopic (exact) mass is 352 g/mol. The van der Waals surface area contributed by atoms with Gasteiger partial charge in [0.15, 0.2) is 5.69 Å². The van der Waals surface area contributed by atoms with E-state index in [1.807, 2.05) is 19.2 Å². The van der Waals surface area contributed by atoms with Gasteiger partial charge < -0.3 is 10.6 Å². The minimum atomic E-state index is -0.303. The lowest BCUT2D eigenvalue weighted by Crippen LogP contribution is -2.16. The van der Waals surface area contributed by atoms with E-state index in [-0.39, 0.29) is 11.8 Å². The quantitative estimate of drug-likeness (QED) is 0.711. The van der Waals surface area contributed by atoms with E-state index in [0.29, 0.717) is 30.0 Å². The summed E-state index contributed by atoms with van der Waals surface area (Å²) in [5.41, 5.74) is 2.45. The van der Waals surface area contributed by atoms with Crippen LogP contribution in [0.4, 0.5) is 11.4 Å². The number of hydrogen-bond donors (Lipinski definition) is 2. The van der Waals surface area contributed by atoms with E-state index in [9.17, 15) is 9.59 Å². The Morgan fingerprint density at radius 1 is 1.04 bits per heavy atom. The SMILES string of the molecule is Cc1ccn(CCC(=O)Nc2cccc(NC(=O)c3ccn(C)n3)c2)n1. The summed E-state index contributed by atoms with van der Waals surface area (Å²) in [7, 11) is 1.75. The van der Waals surface area contributed by atoms with Crippen LogP contribution in [0, 0.1) is 6.92 Å². The highest BCUT2D eigenvalue weighted by atomic mass is 16.2. The second-order valence-corrected chi connectivity index (χ2v) is 5.93. The molecule has 0 unspecified atom stereocenters. The number of nitrogens with zero attached hydrogens (tertiary/aromatic N) is 4. The molecule has 0 aliphatic rings. The average molecular weight is 352 g/mol. The fourth-order valence-electron chi connectivity index (χ4n) is 2.43. The van der Waals surface area contributed by atoms with Crippen molar-refractivity contribution >= 4 is 23.2 Å². The molecule has 0 saturated heterocycles. The van der Waals surface area contributed by atoms with E-state index in [0.717, 1.165) is 5.69 Å². The average Bonchev–Trinajstić information content (AvgIpc) is 3.22. The Hall–Kier alpha value is -3.42. The molecule has 8 heteroatoms. The molecule has 3 rings (SSSR count). The van der Waals surface area contributed by atoms with Crippen molar-refractivity contribution in [2.75, 3.05) is 10.6 Å². The van der Waals surface area contributed by atoms with Gasteiger partial charge in [0.05, 0.1) is 5.69 Å². The van der Waals surface area contributed by atoms with E-state index in [2.05, 4.69) is 20.8 Å². The first-order valence-corrected chi connectivity index (χ1v) is 8.20. The molecule has 0 radical (unpaired) electrons. The summed E-state index contributed by atoms with van der Waals surface area (Å²) >= 11 is 0. The Morgan fingerprint density at radius 3 is 2.46 bits per heavy atom. The smallest absolute Gasteiger partial charge is 0.276 e. The molecule has 0 bridgehead atoms. The Kier molecular flexibility index (Phi) is 5.12. The standard InChI is InChI=1S/C18H20N6O2/c1-13-6-10-24(21-13)11-8-17(25)19-14-4-3-5-15(12-14)20-18(26)16-7-9-23(2)22-16/h3-7,9-10,12H,8,11H2,1-2H3,(H,19,25)(H,20,26). The predicted octanol–water partition coefficient (Wildman–Crippen LogP) is 2.21. The molecule has 0 spiro atoms. The summed E-state index contributed by atoms with van der Waals surface area (Å²) < 4.78 is 3.30. The lowest BCUT2D eigenvalue weighted by molar-refractivity contribution is -0.116. The maximum atomic E-state index is 12.1. The lowest BCUT2D eigenvalue weighted by atomic mass is 10.2. The summed E-state index contributed by atoms with van der Waals surface area (Å²) in [6.07, 6.45) is 3.86. The molecular formula is C18H20N6O2. The topological polar surface area (TPSA) is 93.8 Å². The van der Waals surface area contributed by atoms with Crippen LogP contribution in [0.2, 0.25) is 0 Å². The van der Waals surface area contributed by atoms with Crippen LogP contribution in [0.25, 0.3) is 0 Å². The van der Waals surface area contributed by atoms with E-state index in [1.165, 1.54) is 0 Å². The first-order chi connectivity index (χ1) is 12.5. The highest BCUT2D eigenvalue weighted by molar-refractivity contribution is 6.03. The molecule has 134 valence electrons. The summed E-state index contributed by atoms with van der Waals surface area (Å²) in [6, 6.07) is 10.5. The van der Waals surface area contributed by atoms with Crippen LogP contribution < -0.4 is 10.6 Å². The highest BCUT2D eigenvalue weighted by Crippen LogP contribution is 2.16. The molecule has 0 aliphatic carbocycles. The maximum absolute atomic E-state index is 12.1. The second-order valence-electron chi connectivity index (χ2n) is 5.93. The number of anilines is 2. The maximum Gasteiger partial charge on any atom is 0.276 e. The zero-order valence-corrected chi connectivity index (χ0v) is 14.6. The third kappa shape index (κ3) is 4.56. The Morgan fingerprint density at radius 2 is 1.81 bits per heavy atom. The molecule has 8 nitrogen and oxygen atoms in total. The van der Waals surface area contributed by atoms with Gasteiger partial charge in [0.25, 0.3) is 5.91 Å². The molecule has 0 fully saturated rings. The van der Waals surface area contributed by atoms with Gasteiger partial charge in [-0.25, -0.2) is 0 Å². The predicted molar refractivity (Wildman–Crippen MR) is 97.8 cm³/mol. The zero-order valence-electron chi connectivity index (χ0n) is 14.6. The number of nitrogens with one attached hydrogen (secondary N) is 2. The van der Waals surface area contributed by atoms with Gasteiger partial charge in [-0.15, -0.1) is 0 Å². The lowest BCUT2D eigenvalue weighted by Gasteiger charge is -2.08. The summed E-state index contributed by atoms with van der Waals surface area (Å²) in [5.74, 6) is -0.422. The number of carbonyl (C=O) groups excluding carboxylic acids is 2. The minimum absolute atomic E-state index is 0.119. The number of hydrogen-bond acceptors (Lipinski definition) is 4. The van der Waals surface area contributed by atoms with Gasteiger partial charge in [-0.05, 0) is 37.3 Å². The molecular weight excluding hydrogens is 332 g/mol. The van der Waals surface area contributed by atoms with Crippen molar-refractivity contribution in [3.8, 4) is 0 Å². The Labute approximate surface area is 150 Å². The first kappa shape index (κ1) is 17.4. The van der Waals surface area contributed by atoms with Gasteiger partial charge in [-0.2, -0.15) is 10.2 Å². The van der Waals surface area contributed by atoms with Crippen molar-refractivity contribution in [1.82, 2.24) is 19.6 Å². The van der Waals surface area contributed by atoms with Crippen LogP contribution in [-0.2, 0) is 18.4 Å². The summed E-state index contributed by atoms with van der Waals surface area (Å²) in [4.78, 5) is 24.2. The molecule has 26 heavy (non-hydrogen) atoms. The molecule has 0 atom stereocenters. The molecule has 2 amide bonds. The van der Waals surface area contributed by atoms with Crippen molar-refractivity contribution in [3.63, 3.8) is 0 Å². The van der Waals surface area contributed by atoms with Crippen LogP contribution in [0.15, 0.2) is 48.8 Å². The summed E-state index contributed by atoms with van der Waals surface area (Å²) in [6.45, 7) is 2.41. The molecule has 0 saturated carbocycles. The normalized spacial score (nSPS) is 10.5. The number of aromatic nitrogens is 4. The third-order valence-corrected chi connectivity index (χ3v) is 3.69. The zero-order chi connectivity index (χ0) is 18.5. The van der Waals surface area contributed by atoms with Crippen LogP contribution >= 0.6 is 0 Å². The van der Waals surface area contributed by atoms with Gasteiger partial charge in [-0.1, -0.05) is 6.07 Å². The Bertz CT molecular complexity index is 927. The number of aryl methyl sites for hydroxylation is 3. The van der Waals surface area contributed by atoms with Gasteiger partial charge in [0.2, 0.25) is 5.91 Å². The van der Waals surface area contributed by atoms with Crippen LogP contribution in [-0.4, -0.2) is 31.4 Å². The molecule has 1 aromatic carbocycles. The van der Waals surface area contributed by atoms with Crippen molar-refractivity contribution < 1.29 is 9.59 Å². The largest absolute Gasteiger partial charge is 0.326 e. The fourth-order valence-corrected chi connectivity index (χ4v) is 2.43. The second kappa shape index (κ2) is 7.64. The van der Waals surface area contributed by atoms with Gasteiger partial charge in [-0.3, -0.25) is 19.0 Å². The molecule has 3 aromatic rings. The third-order valence-electron chi connectivity index (χ3n) is 3.69. The molecule has 2 aromatic heterocycles. The fraction of sp³-hybridized carbons (Fsp3) is 0.222. The van der Waals surface area contributed by atoms with Gasteiger partial charge in [0, 0.05) is 43.8 Å². The van der Waals surface area contributed by atoms with Crippen molar-refractivity contribution in [1.29, 1.82) is 0 Å². The number of amides is 2. The van der Waals surface area contributed by atoms with Crippen LogP contribution in [0.3, 0.4) is 0 Å². The van der Waals surface area contributed by atoms with Gasteiger partial charge >= 0.3 is 0 Å². The molecule has 2 heterocycles. The minimum Gasteiger partial charge on any atom is -0.326 e. The highest BCUT2D eigenvalue weighted by Gasteiger charge is 2.10. The number of benzene rings is 1. The van der Waals surface area contributed by atoms with Crippen LogP contribution in [0.5, 0.6) is 0 Å². The van der Waals surface area contributed by atoms with E-state index in [1.54, 1.807) is 52.9 Å². The molecule has 0 aliphatic heterocycles. The van der Waals surface area contributed by atoms with E-state index in [4.69, 9.17) is 0 Å².